The second-order valence-electron chi connectivity index (χ2n) is 4.94. The van der Waals surface area contributed by atoms with Crippen LogP contribution in [0, 0.1) is 5.92 Å². The third-order valence-electron chi connectivity index (χ3n) is 3.68. The Morgan fingerprint density at radius 1 is 1.06 bits per heavy atom. The molecule has 18 heavy (non-hydrogen) atoms. The Morgan fingerprint density at radius 2 is 1.78 bits per heavy atom. The molecule has 1 N–H and O–H groups in total. The first-order valence-electron chi connectivity index (χ1n) is 6.24. The Morgan fingerprint density at radius 3 is 2.50 bits per heavy atom. The van der Waals surface area contributed by atoms with Crippen LogP contribution in [0.3, 0.4) is 0 Å². The highest BCUT2D eigenvalue weighted by atomic mass is 79.9. The summed E-state index contributed by atoms with van der Waals surface area (Å²) in [6.07, 6.45) is 2.18. The molecule has 0 saturated heterocycles. The maximum absolute atomic E-state index is 9.30. The molecule has 2 unspecified atom stereocenters. The third-order valence-corrected chi connectivity index (χ3v) is 4.92. The molecule has 0 amide bonds. The summed E-state index contributed by atoms with van der Waals surface area (Å²) in [6, 6.07) is 16.2. The average Bonchev–Trinajstić information content (AvgIpc) is 2.70. The molecule has 0 heterocycles. The molecular formula is C16H15BrO. The van der Waals surface area contributed by atoms with Crippen molar-refractivity contribution in [3.63, 3.8) is 0 Å². The highest BCUT2D eigenvalue weighted by molar-refractivity contribution is 9.09. The standard InChI is InChI=1S/C16H15BrO/c17-16-13(9-11-5-7-14(18)8-6-11)10-12-3-1-2-4-15(12)16/h1-8,13,16,18H,9-10H2. The molecule has 1 aliphatic carbocycles. The number of hydrogen-bond donors (Lipinski definition) is 1. The van der Waals surface area contributed by atoms with Crippen molar-refractivity contribution in [1.82, 2.24) is 0 Å². The minimum atomic E-state index is 0.337. The Kier molecular flexibility index (Phi) is 3.13. The van der Waals surface area contributed by atoms with Crippen LogP contribution in [0.1, 0.15) is 21.5 Å². The molecule has 2 heteroatoms. The van der Waals surface area contributed by atoms with E-state index in [0.717, 1.165) is 12.8 Å². The number of hydrogen-bond acceptors (Lipinski definition) is 1. The number of rotatable bonds is 2. The topological polar surface area (TPSA) is 20.2 Å². The van der Waals surface area contributed by atoms with Crippen LogP contribution in [-0.2, 0) is 12.8 Å². The van der Waals surface area contributed by atoms with Crippen molar-refractivity contribution in [3.8, 4) is 5.75 Å². The number of benzene rings is 2. The molecule has 2 aromatic rings. The summed E-state index contributed by atoms with van der Waals surface area (Å²) in [5.41, 5.74) is 4.18. The van der Waals surface area contributed by atoms with Crippen LogP contribution in [0.2, 0.25) is 0 Å². The van der Waals surface area contributed by atoms with Gasteiger partial charge < -0.3 is 5.11 Å². The van der Waals surface area contributed by atoms with Crippen molar-refractivity contribution in [2.24, 2.45) is 5.92 Å². The largest absolute Gasteiger partial charge is 0.508 e. The third kappa shape index (κ3) is 2.17. The van der Waals surface area contributed by atoms with Gasteiger partial charge in [-0.2, -0.15) is 0 Å². The maximum Gasteiger partial charge on any atom is 0.115 e. The summed E-state index contributed by atoms with van der Waals surface area (Å²) in [5, 5.41) is 9.30. The predicted octanol–water partition coefficient (Wildman–Crippen LogP) is 4.24. The van der Waals surface area contributed by atoms with E-state index in [1.807, 2.05) is 12.1 Å². The summed E-state index contributed by atoms with van der Waals surface area (Å²) in [7, 11) is 0. The summed E-state index contributed by atoms with van der Waals surface area (Å²) < 4.78 is 0. The van der Waals surface area contributed by atoms with Gasteiger partial charge in [0, 0.05) is 4.83 Å². The number of fused-ring (bicyclic) bond motifs is 1. The Bertz CT molecular complexity index is 547. The van der Waals surface area contributed by atoms with Gasteiger partial charge in [-0.05, 0) is 47.6 Å². The van der Waals surface area contributed by atoms with Gasteiger partial charge in [-0.1, -0.05) is 52.3 Å². The number of phenols is 1. The van der Waals surface area contributed by atoms with E-state index < -0.39 is 0 Å². The van der Waals surface area contributed by atoms with E-state index in [1.54, 1.807) is 12.1 Å². The molecule has 3 rings (SSSR count). The number of aromatic hydroxyl groups is 1. The normalized spacial score (nSPS) is 21.8. The SMILES string of the molecule is Oc1ccc(CC2Cc3ccccc3C2Br)cc1. The fraction of sp³-hybridized carbons (Fsp3) is 0.250. The van der Waals surface area contributed by atoms with Gasteiger partial charge in [0.1, 0.15) is 5.75 Å². The van der Waals surface area contributed by atoms with Crippen LogP contribution in [0.15, 0.2) is 48.5 Å². The Balaban J connectivity index is 1.78. The van der Waals surface area contributed by atoms with Gasteiger partial charge in [-0.15, -0.1) is 0 Å². The smallest absolute Gasteiger partial charge is 0.115 e. The van der Waals surface area contributed by atoms with Crippen molar-refractivity contribution in [1.29, 1.82) is 0 Å². The second kappa shape index (κ2) is 4.77. The van der Waals surface area contributed by atoms with Gasteiger partial charge in [0.05, 0.1) is 0 Å². The van der Waals surface area contributed by atoms with Gasteiger partial charge in [-0.3, -0.25) is 0 Å². The monoisotopic (exact) mass is 302 g/mol. The van der Waals surface area contributed by atoms with Gasteiger partial charge in [0.2, 0.25) is 0 Å². The van der Waals surface area contributed by atoms with Crippen LogP contribution < -0.4 is 0 Å². The molecule has 2 aromatic carbocycles. The summed E-state index contributed by atoms with van der Waals surface area (Å²) in [4.78, 5) is 0.447. The van der Waals surface area contributed by atoms with Crippen molar-refractivity contribution in [2.45, 2.75) is 17.7 Å². The lowest BCUT2D eigenvalue weighted by atomic mass is 9.96. The fourth-order valence-electron chi connectivity index (χ4n) is 2.74. The highest BCUT2D eigenvalue weighted by Crippen LogP contribution is 2.43. The van der Waals surface area contributed by atoms with E-state index in [4.69, 9.17) is 0 Å². The van der Waals surface area contributed by atoms with Gasteiger partial charge in [-0.25, -0.2) is 0 Å². The van der Waals surface area contributed by atoms with Crippen LogP contribution in [0.5, 0.6) is 5.75 Å². The molecule has 1 aliphatic rings. The van der Waals surface area contributed by atoms with Crippen molar-refractivity contribution in [2.75, 3.05) is 0 Å². The van der Waals surface area contributed by atoms with Crippen LogP contribution in [0.25, 0.3) is 0 Å². The molecule has 0 spiro atoms. The molecule has 0 aliphatic heterocycles. The number of halogens is 1. The Hall–Kier alpha value is -1.28. The zero-order valence-corrected chi connectivity index (χ0v) is 11.6. The van der Waals surface area contributed by atoms with Crippen molar-refractivity contribution < 1.29 is 5.11 Å². The molecule has 0 radical (unpaired) electrons. The quantitative estimate of drug-likeness (QED) is 0.823. The van der Waals surface area contributed by atoms with Gasteiger partial charge >= 0.3 is 0 Å². The summed E-state index contributed by atoms with van der Waals surface area (Å²) in [5.74, 6) is 0.941. The van der Waals surface area contributed by atoms with E-state index in [2.05, 4.69) is 40.2 Å². The first-order chi connectivity index (χ1) is 8.74. The molecule has 1 nitrogen and oxygen atoms in total. The van der Waals surface area contributed by atoms with E-state index in [-0.39, 0.29) is 0 Å². The van der Waals surface area contributed by atoms with Crippen molar-refractivity contribution in [3.05, 3.63) is 65.2 Å². The van der Waals surface area contributed by atoms with E-state index in [9.17, 15) is 5.11 Å². The predicted molar refractivity (Wildman–Crippen MR) is 77.1 cm³/mol. The van der Waals surface area contributed by atoms with Crippen LogP contribution >= 0.6 is 15.9 Å². The zero-order valence-electron chi connectivity index (χ0n) is 10.0. The molecule has 92 valence electrons. The van der Waals surface area contributed by atoms with Crippen LogP contribution in [0.4, 0.5) is 0 Å². The van der Waals surface area contributed by atoms with E-state index in [0.29, 0.717) is 16.5 Å². The second-order valence-corrected chi connectivity index (χ2v) is 5.92. The zero-order chi connectivity index (χ0) is 12.5. The average molecular weight is 303 g/mol. The van der Waals surface area contributed by atoms with Crippen molar-refractivity contribution >= 4 is 15.9 Å². The molecule has 0 aromatic heterocycles. The van der Waals surface area contributed by atoms with Gasteiger partial charge in [0.25, 0.3) is 0 Å². The summed E-state index contributed by atoms with van der Waals surface area (Å²) in [6.45, 7) is 0. The number of phenolic OH excluding ortho intramolecular Hbond substituents is 1. The first kappa shape index (κ1) is 11.8. The molecule has 0 bridgehead atoms. The lowest BCUT2D eigenvalue weighted by Crippen LogP contribution is -2.06. The molecular weight excluding hydrogens is 288 g/mol. The summed E-state index contributed by atoms with van der Waals surface area (Å²) >= 11 is 3.83. The lowest BCUT2D eigenvalue weighted by molar-refractivity contribution is 0.474. The molecule has 0 fully saturated rings. The molecule has 2 atom stereocenters. The Labute approximate surface area is 116 Å². The minimum absolute atomic E-state index is 0.337. The first-order valence-corrected chi connectivity index (χ1v) is 7.15. The molecule has 0 saturated carbocycles. The fourth-order valence-corrected chi connectivity index (χ4v) is 3.56. The van der Waals surface area contributed by atoms with E-state index in [1.165, 1.54) is 16.7 Å². The highest BCUT2D eigenvalue weighted by Gasteiger charge is 2.29. The van der Waals surface area contributed by atoms with Crippen LogP contribution in [-0.4, -0.2) is 5.11 Å². The van der Waals surface area contributed by atoms with E-state index >= 15 is 0 Å². The van der Waals surface area contributed by atoms with Gasteiger partial charge in [0.15, 0.2) is 0 Å². The maximum atomic E-state index is 9.30. The number of alkyl halides is 1. The minimum Gasteiger partial charge on any atom is -0.508 e. The lowest BCUT2D eigenvalue weighted by Gasteiger charge is -2.14.